The van der Waals surface area contributed by atoms with Crippen LogP contribution in [0.5, 0.6) is 0 Å². The summed E-state index contributed by atoms with van der Waals surface area (Å²) < 4.78 is 1.96. The van der Waals surface area contributed by atoms with Gasteiger partial charge in [-0.1, -0.05) is 24.6 Å². The highest BCUT2D eigenvalue weighted by atomic mass is 16.2. The largest absolute Gasteiger partial charge is 0.335 e. The predicted molar refractivity (Wildman–Crippen MR) is 94.4 cm³/mol. The Balaban J connectivity index is 1.72. The molecule has 1 amide bonds. The summed E-state index contributed by atoms with van der Waals surface area (Å²) in [5.74, 6) is 1.05. The van der Waals surface area contributed by atoms with Crippen LogP contribution in [0.4, 0.5) is 0 Å². The lowest BCUT2D eigenvalue weighted by Crippen LogP contribution is -2.45. The summed E-state index contributed by atoms with van der Waals surface area (Å²) in [6.07, 6.45) is 8.03. The van der Waals surface area contributed by atoms with Gasteiger partial charge in [-0.2, -0.15) is 0 Å². The molecule has 24 heavy (non-hydrogen) atoms. The minimum Gasteiger partial charge on any atom is -0.335 e. The van der Waals surface area contributed by atoms with Crippen molar-refractivity contribution >= 4 is 11.6 Å². The zero-order chi connectivity index (χ0) is 17.2. The molecule has 1 saturated heterocycles. The summed E-state index contributed by atoms with van der Waals surface area (Å²) in [5, 5.41) is 8.45. The van der Waals surface area contributed by atoms with Crippen LogP contribution in [0, 0.1) is 5.41 Å². The number of likely N-dealkylation sites (tertiary alicyclic amines) is 1. The summed E-state index contributed by atoms with van der Waals surface area (Å²) >= 11 is 0. The fourth-order valence-electron chi connectivity index (χ4n) is 3.42. The molecule has 5 heteroatoms. The fourth-order valence-corrected chi connectivity index (χ4v) is 3.42. The highest BCUT2D eigenvalue weighted by Crippen LogP contribution is 2.35. The second kappa shape index (κ2) is 6.75. The Hall–Kier alpha value is -2.17. The third-order valence-electron chi connectivity index (χ3n) is 4.88. The first-order valence-electron chi connectivity index (χ1n) is 8.67. The Bertz CT molecular complexity index is 760. The van der Waals surface area contributed by atoms with E-state index in [9.17, 15) is 4.79 Å². The van der Waals surface area contributed by atoms with Crippen molar-refractivity contribution in [3.8, 4) is 0 Å². The Labute approximate surface area is 143 Å². The lowest BCUT2D eigenvalue weighted by molar-refractivity contribution is -0.138. The number of amides is 1. The molecule has 128 valence electrons. The Morgan fingerprint density at radius 2 is 2.17 bits per heavy atom. The van der Waals surface area contributed by atoms with Gasteiger partial charge in [-0.15, -0.1) is 10.2 Å². The van der Waals surface area contributed by atoms with Gasteiger partial charge in [-0.25, -0.2) is 0 Å². The van der Waals surface area contributed by atoms with E-state index < -0.39 is 0 Å². The number of carbonyl (C=O) groups excluding carboxylic acids is 1. The summed E-state index contributed by atoms with van der Waals surface area (Å²) in [7, 11) is 0. The molecule has 3 rings (SSSR count). The third-order valence-corrected chi connectivity index (χ3v) is 4.88. The zero-order valence-corrected chi connectivity index (χ0v) is 14.8. The molecule has 1 aliphatic rings. The Morgan fingerprint density at radius 3 is 2.96 bits per heavy atom. The second-order valence-corrected chi connectivity index (χ2v) is 7.43. The number of nitrogens with zero attached hydrogens (tertiary/aromatic N) is 4. The minimum absolute atomic E-state index is 0.181. The van der Waals surface area contributed by atoms with Gasteiger partial charge in [0, 0.05) is 19.2 Å². The van der Waals surface area contributed by atoms with Crippen LogP contribution in [0.3, 0.4) is 0 Å². The summed E-state index contributed by atoms with van der Waals surface area (Å²) in [6, 6.07) is 5.83. The predicted octanol–water partition coefficient (Wildman–Crippen LogP) is 3.60. The molecule has 0 aromatic carbocycles. The van der Waals surface area contributed by atoms with Crippen molar-refractivity contribution in [3.63, 3.8) is 0 Å². The Kier molecular flexibility index (Phi) is 4.69. The fraction of sp³-hybridized carbons (Fsp3) is 0.526. The van der Waals surface area contributed by atoms with Crippen molar-refractivity contribution in [2.24, 2.45) is 5.41 Å². The van der Waals surface area contributed by atoms with Crippen LogP contribution in [0.1, 0.15) is 52.3 Å². The van der Waals surface area contributed by atoms with E-state index in [2.05, 4.69) is 37.0 Å². The van der Waals surface area contributed by atoms with Crippen LogP contribution in [0.2, 0.25) is 0 Å². The van der Waals surface area contributed by atoms with Gasteiger partial charge in [0.25, 0.3) is 0 Å². The average Bonchev–Trinajstić information content (AvgIpc) is 2.94. The number of rotatable bonds is 5. The number of allylic oxidation sites excluding steroid dienone is 2. The third kappa shape index (κ3) is 3.66. The van der Waals surface area contributed by atoms with Crippen molar-refractivity contribution in [2.75, 3.05) is 6.54 Å². The summed E-state index contributed by atoms with van der Waals surface area (Å²) in [6.45, 7) is 7.89. The van der Waals surface area contributed by atoms with Gasteiger partial charge in [0.05, 0.1) is 6.54 Å². The van der Waals surface area contributed by atoms with Crippen molar-refractivity contribution < 1.29 is 4.79 Å². The normalized spacial score (nSPS) is 21.3. The van der Waals surface area contributed by atoms with E-state index in [0.29, 0.717) is 13.0 Å². The van der Waals surface area contributed by atoms with Crippen molar-refractivity contribution in [1.82, 2.24) is 19.5 Å². The molecule has 0 radical (unpaired) electrons. The standard InChI is InChI=1S/C19H26N4O/c1-15(2)7-6-10-19(3)11-9-18(24)22(14-19)13-17-21-20-16-8-4-5-12-23(16)17/h4-5,7-8,12H,6,9-11,13-14H2,1-3H3/t19-/m0/s1. The van der Waals surface area contributed by atoms with Gasteiger partial charge in [-0.05, 0) is 50.7 Å². The maximum Gasteiger partial charge on any atom is 0.223 e. The zero-order valence-electron chi connectivity index (χ0n) is 14.8. The number of fused-ring (bicyclic) bond motifs is 1. The van der Waals surface area contributed by atoms with Crippen LogP contribution < -0.4 is 0 Å². The average molecular weight is 326 g/mol. The summed E-state index contributed by atoms with van der Waals surface area (Å²) in [5.41, 5.74) is 2.36. The van der Waals surface area contributed by atoms with E-state index in [1.807, 2.05) is 33.7 Å². The molecule has 2 aromatic rings. The monoisotopic (exact) mass is 326 g/mol. The molecule has 0 N–H and O–H groups in total. The van der Waals surface area contributed by atoms with Crippen molar-refractivity contribution in [3.05, 3.63) is 41.9 Å². The number of aromatic nitrogens is 3. The Morgan fingerprint density at radius 1 is 1.33 bits per heavy atom. The van der Waals surface area contributed by atoms with E-state index in [1.165, 1.54) is 5.57 Å². The van der Waals surface area contributed by atoms with Crippen molar-refractivity contribution in [1.29, 1.82) is 0 Å². The molecule has 1 fully saturated rings. The highest BCUT2D eigenvalue weighted by molar-refractivity contribution is 5.77. The number of piperidine rings is 1. The molecular formula is C19H26N4O. The van der Waals surface area contributed by atoms with E-state index in [-0.39, 0.29) is 11.3 Å². The molecule has 0 unspecified atom stereocenters. The molecule has 2 aromatic heterocycles. The molecule has 0 saturated carbocycles. The van der Waals surface area contributed by atoms with E-state index in [0.717, 1.165) is 37.3 Å². The number of pyridine rings is 1. The minimum atomic E-state index is 0.181. The smallest absolute Gasteiger partial charge is 0.223 e. The van der Waals surface area contributed by atoms with E-state index in [4.69, 9.17) is 0 Å². The van der Waals surface area contributed by atoms with Crippen molar-refractivity contribution in [2.45, 2.75) is 53.0 Å². The first-order valence-corrected chi connectivity index (χ1v) is 8.67. The van der Waals surface area contributed by atoms with Gasteiger partial charge in [0.1, 0.15) is 0 Å². The van der Waals surface area contributed by atoms with Crippen LogP contribution in [-0.2, 0) is 11.3 Å². The van der Waals surface area contributed by atoms with Gasteiger partial charge < -0.3 is 4.90 Å². The van der Waals surface area contributed by atoms with Gasteiger partial charge in [-0.3, -0.25) is 9.20 Å². The molecule has 5 nitrogen and oxygen atoms in total. The first-order chi connectivity index (χ1) is 11.5. The molecule has 0 bridgehead atoms. The molecule has 1 atom stereocenters. The highest BCUT2D eigenvalue weighted by Gasteiger charge is 2.34. The lowest BCUT2D eigenvalue weighted by Gasteiger charge is -2.40. The topological polar surface area (TPSA) is 50.5 Å². The second-order valence-electron chi connectivity index (χ2n) is 7.43. The lowest BCUT2D eigenvalue weighted by atomic mass is 9.77. The van der Waals surface area contributed by atoms with Gasteiger partial charge in [0.2, 0.25) is 5.91 Å². The van der Waals surface area contributed by atoms with Crippen LogP contribution in [0.15, 0.2) is 36.0 Å². The molecular weight excluding hydrogens is 300 g/mol. The number of hydrogen-bond acceptors (Lipinski definition) is 3. The maximum absolute atomic E-state index is 12.4. The number of carbonyl (C=O) groups is 1. The van der Waals surface area contributed by atoms with Gasteiger partial charge >= 0.3 is 0 Å². The van der Waals surface area contributed by atoms with E-state index in [1.54, 1.807) is 0 Å². The SMILES string of the molecule is CC(C)=CCC[C@@]1(C)CCC(=O)N(Cc2nnc3ccccn23)C1. The van der Waals surface area contributed by atoms with Gasteiger partial charge in [0.15, 0.2) is 11.5 Å². The quantitative estimate of drug-likeness (QED) is 0.789. The van der Waals surface area contributed by atoms with Crippen LogP contribution >= 0.6 is 0 Å². The number of hydrogen-bond donors (Lipinski definition) is 0. The maximum atomic E-state index is 12.4. The summed E-state index contributed by atoms with van der Waals surface area (Å²) in [4.78, 5) is 14.3. The molecule has 1 aliphatic heterocycles. The first kappa shape index (κ1) is 16.7. The molecule has 0 aliphatic carbocycles. The van der Waals surface area contributed by atoms with Crippen LogP contribution in [0.25, 0.3) is 5.65 Å². The molecule has 3 heterocycles. The molecule has 0 spiro atoms. The van der Waals surface area contributed by atoms with Crippen LogP contribution in [-0.4, -0.2) is 31.9 Å². The van der Waals surface area contributed by atoms with E-state index >= 15 is 0 Å².